The highest BCUT2D eigenvalue weighted by Gasteiger charge is 2.31. The predicted octanol–water partition coefficient (Wildman–Crippen LogP) is 3.18. The van der Waals surface area contributed by atoms with E-state index in [0.29, 0.717) is 11.7 Å². The number of benzene rings is 2. The largest absolute Gasteiger partial charge is 0.379 e. The normalized spacial score (nSPS) is 20.1. The molecule has 0 aliphatic carbocycles. The van der Waals surface area contributed by atoms with Gasteiger partial charge in [-0.1, -0.05) is 30.3 Å². The summed E-state index contributed by atoms with van der Waals surface area (Å²) in [7, 11) is 0. The van der Waals surface area contributed by atoms with Gasteiger partial charge in [-0.15, -0.1) is 0 Å². The Balaban J connectivity index is 1.80. The third kappa shape index (κ3) is 1.61. The third-order valence-corrected chi connectivity index (χ3v) is 4.17. The van der Waals surface area contributed by atoms with Gasteiger partial charge in [0, 0.05) is 13.1 Å². The first kappa shape index (κ1) is 10.9. The van der Waals surface area contributed by atoms with Crippen LogP contribution in [-0.2, 0) is 13.0 Å². The fraction of sp³-hybridized carbons (Fsp3) is 0.250. The average molecular weight is 254 g/mol. The predicted molar refractivity (Wildman–Crippen MR) is 75.0 cm³/mol. The monoisotopic (exact) mass is 254 g/mol. The number of nitrogens with one attached hydrogen (secondary N) is 1. The Hall–Kier alpha value is -2.03. The van der Waals surface area contributed by atoms with Crippen LogP contribution in [0.25, 0.3) is 0 Å². The topological polar surface area (TPSA) is 15.3 Å². The molecule has 0 saturated carbocycles. The third-order valence-electron chi connectivity index (χ3n) is 4.17. The van der Waals surface area contributed by atoms with E-state index in [0.717, 1.165) is 25.2 Å². The molecule has 4 rings (SSSR count). The molecule has 0 bridgehead atoms. The van der Waals surface area contributed by atoms with Crippen molar-refractivity contribution in [3.8, 4) is 0 Å². The molecular weight excluding hydrogens is 239 g/mol. The molecule has 2 aliphatic heterocycles. The minimum Gasteiger partial charge on any atom is -0.379 e. The number of hydrogen-bond acceptors (Lipinski definition) is 2. The van der Waals surface area contributed by atoms with Gasteiger partial charge in [-0.3, -0.25) is 0 Å². The van der Waals surface area contributed by atoms with Gasteiger partial charge >= 0.3 is 0 Å². The van der Waals surface area contributed by atoms with Gasteiger partial charge in [-0.05, 0) is 29.7 Å². The Labute approximate surface area is 111 Å². The number of fused-ring (bicyclic) bond motifs is 4. The summed E-state index contributed by atoms with van der Waals surface area (Å²) in [6, 6.07) is 14.3. The molecule has 0 spiro atoms. The van der Waals surface area contributed by atoms with Crippen molar-refractivity contribution in [2.24, 2.45) is 0 Å². The molecule has 2 aromatic rings. The van der Waals surface area contributed by atoms with E-state index < -0.39 is 0 Å². The first-order chi connectivity index (χ1) is 9.33. The molecule has 1 N–H and O–H groups in total. The van der Waals surface area contributed by atoms with Crippen LogP contribution in [0.15, 0.2) is 42.5 Å². The van der Waals surface area contributed by atoms with E-state index in [2.05, 4.69) is 34.5 Å². The van der Waals surface area contributed by atoms with Crippen molar-refractivity contribution in [1.82, 2.24) is 0 Å². The van der Waals surface area contributed by atoms with E-state index in [-0.39, 0.29) is 5.82 Å². The van der Waals surface area contributed by atoms with Crippen LogP contribution in [0.2, 0.25) is 0 Å². The van der Waals surface area contributed by atoms with Crippen molar-refractivity contribution in [2.75, 3.05) is 16.8 Å². The summed E-state index contributed by atoms with van der Waals surface area (Å²) in [6.45, 7) is 1.68. The lowest BCUT2D eigenvalue weighted by molar-refractivity contribution is 0.552. The summed E-state index contributed by atoms with van der Waals surface area (Å²) in [5.41, 5.74) is 4.42. The first-order valence-electron chi connectivity index (χ1n) is 6.69. The summed E-state index contributed by atoms with van der Waals surface area (Å²) < 4.78 is 13.8. The summed E-state index contributed by atoms with van der Waals surface area (Å²) in [6.07, 6.45) is 1.03. The second-order valence-electron chi connectivity index (χ2n) is 5.27. The van der Waals surface area contributed by atoms with Gasteiger partial charge in [0.1, 0.15) is 5.82 Å². The van der Waals surface area contributed by atoms with Crippen LogP contribution < -0.4 is 10.2 Å². The first-order valence-corrected chi connectivity index (χ1v) is 6.69. The SMILES string of the molecule is Fc1cccc2c1NCC1Cc3ccccc3CN21. The van der Waals surface area contributed by atoms with Crippen LogP contribution in [0.3, 0.4) is 0 Å². The van der Waals surface area contributed by atoms with Crippen molar-refractivity contribution in [3.05, 3.63) is 59.4 Å². The van der Waals surface area contributed by atoms with Crippen molar-refractivity contribution < 1.29 is 4.39 Å². The number of anilines is 2. The summed E-state index contributed by atoms with van der Waals surface area (Å²) in [5, 5.41) is 3.24. The molecule has 96 valence electrons. The maximum Gasteiger partial charge on any atom is 0.148 e. The maximum absolute atomic E-state index is 13.8. The van der Waals surface area contributed by atoms with Gasteiger partial charge < -0.3 is 10.2 Å². The van der Waals surface area contributed by atoms with Gasteiger partial charge in [-0.25, -0.2) is 4.39 Å². The van der Waals surface area contributed by atoms with Crippen molar-refractivity contribution >= 4 is 11.4 Å². The molecule has 19 heavy (non-hydrogen) atoms. The van der Waals surface area contributed by atoms with Crippen LogP contribution >= 0.6 is 0 Å². The number of nitrogens with zero attached hydrogens (tertiary/aromatic N) is 1. The van der Waals surface area contributed by atoms with Crippen LogP contribution in [0.5, 0.6) is 0 Å². The molecule has 0 amide bonds. The van der Waals surface area contributed by atoms with Gasteiger partial charge in [0.2, 0.25) is 0 Å². The zero-order chi connectivity index (χ0) is 12.8. The fourth-order valence-electron chi connectivity index (χ4n) is 3.20. The Bertz CT molecular complexity index is 638. The minimum atomic E-state index is -0.158. The van der Waals surface area contributed by atoms with Crippen molar-refractivity contribution in [2.45, 2.75) is 19.0 Å². The van der Waals surface area contributed by atoms with E-state index >= 15 is 0 Å². The molecule has 0 radical (unpaired) electrons. The van der Waals surface area contributed by atoms with Gasteiger partial charge in [-0.2, -0.15) is 0 Å². The molecule has 1 atom stereocenters. The zero-order valence-electron chi connectivity index (χ0n) is 10.6. The van der Waals surface area contributed by atoms with Gasteiger partial charge in [0.25, 0.3) is 0 Å². The molecule has 0 aromatic heterocycles. The van der Waals surface area contributed by atoms with E-state index in [4.69, 9.17) is 0 Å². The zero-order valence-corrected chi connectivity index (χ0v) is 10.6. The molecule has 2 heterocycles. The van der Waals surface area contributed by atoms with Crippen LogP contribution in [0.1, 0.15) is 11.1 Å². The molecule has 3 heteroatoms. The Kier molecular flexibility index (Phi) is 2.28. The molecule has 2 aromatic carbocycles. The molecular formula is C16H15FN2. The highest BCUT2D eigenvalue weighted by Crippen LogP contribution is 2.38. The Morgan fingerprint density at radius 1 is 1.05 bits per heavy atom. The second kappa shape index (κ2) is 3.98. The lowest BCUT2D eigenvalue weighted by Crippen LogP contribution is -2.47. The molecule has 2 aliphatic rings. The van der Waals surface area contributed by atoms with Crippen LogP contribution in [-0.4, -0.2) is 12.6 Å². The molecule has 0 fully saturated rings. The standard InChI is InChI=1S/C16H15FN2/c17-14-6-3-7-15-16(14)18-9-13-8-11-4-1-2-5-12(11)10-19(13)15/h1-7,13,18H,8-10H2. The number of para-hydroxylation sites is 1. The summed E-state index contributed by atoms with van der Waals surface area (Å²) in [4.78, 5) is 2.33. The lowest BCUT2D eigenvalue weighted by atomic mass is 9.92. The van der Waals surface area contributed by atoms with Crippen LogP contribution in [0.4, 0.5) is 15.8 Å². The van der Waals surface area contributed by atoms with E-state index in [1.807, 2.05) is 6.07 Å². The summed E-state index contributed by atoms with van der Waals surface area (Å²) in [5.74, 6) is -0.158. The van der Waals surface area contributed by atoms with E-state index in [1.54, 1.807) is 6.07 Å². The fourth-order valence-corrected chi connectivity index (χ4v) is 3.20. The smallest absolute Gasteiger partial charge is 0.148 e. The highest BCUT2D eigenvalue weighted by molar-refractivity contribution is 5.74. The summed E-state index contributed by atoms with van der Waals surface area (Å²) >= 11 is 0. The molecule has 2 nitrogen and oxygen atoms in total. The van der Waals surface area contributed by atoms with Gasteiger partial charge in [0.15, 0.2) is 0 Å². The van der Waals surface area contributed by atoms with Crippen molar-refractivity contribution in [3.63, 3.8) is 0 Å². The number of rotatable bonds is 0. The molecule has 1 unspecified atom stereocenters. The maximum atomic E-state index is 13.8. The Morgan fingerprint density at radius 3 is 2.79 bits per heavy atom. The van der Waals surface area contributed by atoms with E-state index in [9.17, 15) is 4.39 Å². The number of hydrogen-bond donors (Lipinski definition) is 1. The van der Waals surface area contributed by atoms with Gasteiger partial charge in [0.05, 0.1) is 17.4 Å². The highest BCUT2D eigenvalue weighted by atomic mass is 19.1. The number of halogens is 1. The lowest BCUT2D eigenvalue weighted by Gasteiger charge is -2.43. The minimum absolute atomic E-state index is 0.158. The second-order valence-corrected chi connectivity index (χ2v) is 5.27. The van der Waals surface area contributed by atoms with E-state index in [1.165, 1.54) is 17.2 Å². The average Bonchev–Trinajstić information content (AvgIpc) is 2.45. The quantitative estimate of drug-likeness (QED) is 0.776. The Morgan fingerprint density at radius 2 is 1.89 bits per heavy atom. The molecule has 0 saturated heterocycles. The van der Waals surface area contributed by atoms with Crippen molar-refractivity contribution in [1.29, 1.82) is 0 Å². The van der Waals surface area contributed by atoms with Crippen LogP contribution in [0, 0.1) is 5.82 Å².